The van der Waals surface area contributed by atoms with Gasteiger partial charge in [0.15, 0.2) is 5.16 Å². The van der Waals surface area contributed by atoms with Gasteiger partial charge in [-0.1, -0.05) is 6.07 Å². The summed E-state index contributed by atoms with van der Waals surface area (Å²) >= 11 is 2.81. The number of rotatable bonds is 3. The number of aromatic nitrogens is 4. The van der Waals surface area contributed by atoms with Gasteiger partial charge in [-0.2, -0.15) is 0 Å². The number of nitrogens with zero attached hydrogens (tertiary/aromatic N) is 4. The van der Waals surface area contributed by atoms with E-state index in [0.29, 0.717) is 16.3 Å². The molecule has 5 nitrogen and oxygen atoms in total. The third kappa shape index (κ3) is 2.34. The van der Waals surface area contributed by atoms with Crippen LogP contribution in [-0.2, 0) is 0 Å². The molecule has 3 aromatic heterocycles. The zero-order valence-electron chi connectivity index (χ0n) is 8.48. The van der Waals surface area contributed by atoms with Crippen molar-refractivity contribution < 1.29 is 4.42 Å². The summed E-state index contributed by atoms with van der Waals surface area (Å²) in [6, 6.07) is 5.64. The first-order valence-electron chi connectivity index (χ1n) is 4.74. The van der Waals surface area contributed by atoms with Crippen LogP contribution in [-0.4, -0.2) is 20.2 Å². The van der Waals surface area contributed by atoms with Crippen LogP contribution in [0.2, 0.25) is 0 Å². The molecule has 0 N–H and O–H groups in total. The molecule has 84 valence electrons. The summed E-state index contributed by atoms with van der Waals surface area (Å²) in [5.41, 5.74) is 0. The topological polar surface area (TPSA) is 64.7 Å². The van der Waals surface area contributed by atoms with Crippen LogP contribution < -0.4 is 0 Å². The Balaban J connectivity index is 1.82. The minimum absolute atomic E-state index is 0.444. The molecular weight excluding hydrogens is 256 g/mol. The van der Waals surface area contributed by atoms with E-state index < -0.39 is 0 Å². The van der Waals surface area contributed by atoms with Gasteiger partial charge in [-0.25, -0.2) is 9.97 Å². The predicted molar refractivity (Wildman–Crippen MR) is 63.8 cm³/mol. The lowest BCUT2D eigenvalue weighted by Crippen LogP contribution is -1.82. The van der Waals surface area contributed by atoms with E-state index in [1.165, 1.54) is 11.8 Å². The second-order valence-electron chi connectivity index (χ2n) is 2.98. The quantitative estimate of drug-likeness (QED) is 0.676. The Labute approximate surface area is 105 Å². The molecule has 0 saturated heterocycles. The van der Waals surface area contributed by atoms with Gasteiger partial charge in [-0.15, -0.1) is 21.5 Å². The van der Waals surface area contributed by atoms with E-state index in [4.69, 9.17) is 4.42 Å². The SMILES string of the molecule is c1cnc(Sc2nnc(-c3cccs3)o2)nc1. The molecule has 3 rings (SSSR count). The van der Waals surface area contributed by atoms with Crippen LogP contribution in [0.25, 0.3) is 10.8 Å². The Morgan fingerprint density at radius 2 is 2.00 bits per heavy atom. The first-order chi connectivity index (χ1) is 8.42. The Morgan fingerprint density at radius 1 is 1.12 bits per heavy atom. The molecule has 0 unspecified atom stereocenters. The van der Waals surface area contributed by atoms with Crippen LogP contribution >= 0.6 is 23.1 Å². The van der Waals surface area contributed by atoms with Gasteiger partial charge in [0.1, 0.15) is 0 Å². The van der Waals surface area contributed by atoms with Crippen molar-refractivity contribution in [3.05, 3.63) is 36.0 Å². The zero-order valence-corrected chi connectivity index (χ0v) is 10.1. The van der Waals surface area contributed by atoms with Gasteiger partial charge >= 0.3 is 0 Å². The lowest BCUT2D eigenvalue weighted by molar-refractivity contribution is 0.466. The van der Waals surface area contributed by atoms with E-state index in [2.05, 4.69) is 20.2 Å². The van der Waals surface area contributed by atoms with Gasteiger partial charge in [0.25, 0.3) is 11.1 Å². The first-order valence-corrected chi connectivity index (χ1v) is 6.44. The third-order valence-electron chi connectivity index (χ3n) is 1.86. The molecule has 0 bridgehead atoms. The highest BCUT2D eigenvalue weighted by Gasteiger charge is 2.11. The van der Waals surface area contributed by atoms with Gasteiger partial charge in [0.2, 0.25) is 0 Å². The summed E-state index contributed by atoms with van der Waals surface area (Å²) in [4.78, 5) is 9.10. The monoisotopic (exact) mass is 262 g/mol. The smallest absolute Gasteiger partial charge is 0.284 e. The molecule has 0 aliphatic heterocycles. The van der Waals surface area contributed by atoms with Crippen molar-refractivity contribution in [2.75, 3.05) is 0 Å². The fraction of sp³-hybridized carbons (Fsp3) is 0. The summed E-state index contributed by atoms with van der Waals surface area (Å²) in [5.74, 6) is 0.526. The molecular formula is C10H6N4OS2. The maximum Gasteiger partial charge on any atom is 0.284 e. The molecule has 0 radical (unpaired) electrons. The van der Waals surface area contributed by atoms with Gasteiger partial charge in [0.05, 0.1) is 4.88 Å². The van der Waals surface area contributed by atoms with E-state index in [-0.39, 0.29) is 0 Å². The maximum absolute atomic E-state index is 5.50. The first kappa shape index (κ1) is 10.4. The van der Waals surface area contributed by atoms with Gasteiger partial charge in [0, 0.05) is 24.2 Å². The fourth-order valence-electron chi connectivity index (χ4n) is 1.17. The van der Waals surface area contributed by atoms with Crippen molar-refractivity contribution in [1.82, 2.24) is 20.2 Å². The standard InChI is InChI=1S/C10H6N4OS2/c1-3-7(16-6-1)8-13-14-10(15-8)17-9-11-4-2-5-12-9/h1-6H. The molecule has 0 amide bonds. The van der Waals surface area contributed by atoms with E-state index in [9.17, 15) is 0 Å². The molecule has 0 aliphatic rings. The van der Waals surface area contributed by atoms with Crippen molar-refractivity contribution in [2.45, 2.75) is 10.4 Å². The van der Waals surface area contributed by atoms with Crippen LogP contribution in [0.3, 0.4) is 0 Å². The van der Waals surface area contributed by atoms with Gasteiger partial charge < -0.3 is 4.42 Å². The molecule has 0 aromatic carbocycles. The molecule has 0 atom stereocenters. The lowest BCUT2D eigenvalue weighted by Gasteiger charge is -1.91. The second kappa shape index (κ2) is 4.64. The molecule has 0 saturated carbocycles. The van der Waals surface area contributed by atoms with Crippen LogP contribution in [0.15, 0.2) is 50.8 Å². The molecule has 3 heterocycles. The van der Waals surface area contributed by atoms with Crippen LogP contribution in [0.4, 0.5) is 0 Å². The number of hydrogen-bond acceptors (Lipinski definition) is 7. The molecule has 0 spiro atoms. The van der Waals surface area contributed by atoms with Crippen LogP contribution in [0, 0.1) is 0 Å². The van der Waals surface area contributed by atoms with Crippen molar-refractivity contribution >= 4 is 23.1 Å². The van der Waals surface area contributed by atoms with Crippen molar-refractivity contribution in [3.63, 3.8) is 0 Å². The van der Waals surface area contributed by atoms with E-state index in [1.54, 1.807) is 29.8 Å². The number of hydrogen-bond donors (Lipinski definition) is 0. The summed E-state index contributed by atoms with van der Waals surface area (Å²) < 4.78 is 5.50. The maximum atomic E-state index is 5.50. The average Bonchev–Trinajstić information content (AvgIpc) is 3.00. The minimum atomic E-state index is 0.444. The third-order valence-corrected chi connectivity index (χ3v) is 3.45. The Bertz CT molecular complexity index is 594. The molecule has 3 aromatic rings. The summed E-state index contributed by atoms with van der Waals surface area (Å²) in [7, 11) is 0. The highest BCUT2D eigenvalue weighted by Crippen LogP contribution is 2.28. The van der Waals surface area contributed by atoms with Crippen LogP contribution in [0.1, 0.15) is 0 Å². The van der Waals surface area contributed by atoms with E-state index in [1.807, 2.05) is 17.5 Å². The largest absolute Gasteiger partial charge is 0.410 e. The highest BCUT2D eigenvalue weighted by molar-refractivity contribution is 7.98. The van der Waals surface area contributed by atoms with E-state index >= 15 is 0 Å². The summed E-state index contributed by atoms with van der Waals surface area (Å²) in [6.45, 7) is 0. The summed E-state index contributed by atoms with van der Waals surface area (Å²) in [5, 5.41) is 10.9. The Kier molecular flexibility index (Phi) is 2.85. The predicted octanol–water partition coefficient (Wildman–Crippen LogP) is 2.74. The lowest BCUT2D eigenvalue weighted by atomic mass is 10.5. The molecule has 17 heavy (non-hydrogen) atoms. The number of thiophene rings is 1. The van der Waals surface area contributed by atoms with Crippen molar-refractivity contribution in [1.29, 1.82) is 0 Å². The minimum Gasteiger partial charge on any atom is -0.410 e. The van der Waals surface area contributed by atoms with Gasteiger partial charge in [-0.3, -0.25) is 0 Å². The highest BCUT2D eigenvalue weighted by atomic mass is 32.2. The molecule has 7 heteroatoms. The average molecular weight is 262 g/mol. The van der Waals surface area contributed by atoms with Crippen molar-refractivity contribution in [3.8, 4) is 10.8 Å². The zero-order chi connectivity index (χ0) is 11.5. The van der Waals surface area contributed by atoms with Crippen molar-refractivity contribution in [2.24, 2.45) is 0 Å². The normalized spacial score (nSPS) is 10.6. The van der Waals surface area contributed by atoms with E-state index in [0.717, 1.165) is 4.88 Å². The summed E-state index contributed by atoms with van der Waals surface area (Å²) in [6.07, 6.45) is 3.35. The molecule has 0 aliphatic carbocycles. The second-order valence-corrected chi connectivity index (χ2v) is 4.85. The van der Waals surface area contributed by atoms with Crippen LogP contribution in [0.5, 0.6) is 0 Å². The van der Waals surface area contributed by atoms with Gasteiger partial charge in [-0.05, 0) is 17.5 Å². The Hall–Kier alpha value is -1.73. The molecule has 0 fully saturated rings. The fourth-order valence-corrected chi connectivity index (χ4v) is 2.40. The Morgan fingerprint density at radius 3 is 2.76 bits per heavy atom.